The minimum absolute atomic E-state index is 0.335. The van der Waals surface area contributed by atoms with E-state index in [1.54, 1.807) is 23.2 Å². The van der Waals surface area contributed by atoms with Crippen molar-refractivity contribution < 1.29 is 0 Å². The van der Waals surface area contributed by atoms with Crippen LogP contribution in [0.2, 0.25) is 5.02 Å². The van der Waals surface area contributed by atoms with E-state index in [2.05, 4.69) is 9.97 Å². The molecule has 2 aromatic heterocycles. The summed E-state index contributed by atoms with van der Waals surface area (Å²) in [5, 5.41) is 0.594. The first-order chi connectivity index (χ1) is 6.81. The fraction of sp³-hybridized carbons (Fsp3) is 0.111. The standard InChI is InChI=1S/C9H9ClN4/c10-7-1-2-9(13-8(7)5-11)14-4-3-12-6-14/h1-4,6H,5,11H2. The van der Waals surface area contributed by atoms with Crippen molar-refractivity contribution in [1.29, 1.82) is 0 Å². The lowest BCUT2D eigenvalue weighted by Gasteiger charge is -2.04. The number of hydrogen-bond acceptors (Lipinski definition) is 3. The SMILES string of the molecule is NCc1nc(-n2ccnc2)ccc1Cl. The van der Waals surface area contributed by atoms with E-state index in [1.165, 1.54) is 0 Å². The Morgan fingerprint density at radius 3 is 2.93 bits per heavy atom. The lowest BCUT2D eigenvalue weighted by Crippen LogP contribution is -2.04. The first-order valence-corrected chi connectivity index (χ1v) is 4.53. The fourth-order valence-electron chi connectivity index (χ4n) is 1.15. The summed E-state index contributed by atoms with van der Waals surface area (Å²) in [7, 11) is 0. The molecule has 0 aliphatic heterocycles. The maximum absolute atomic E-state index is 5.89. The molecule has 0 fully saturated rings. The number of rotatable bonds is 2. The second kappa shape index (κ2) is 3.77. The van der Waals surface area contributed by atoms with Gasteiger partial charge in [0.1, 0.15) is 12.1 Å². The van der Waals surface area contributed by atoms with E-state index < -0.39 is 0 Å². The Kier molecular flexibility index (Phi) is 2.47. The molecule has 72 valence electrons. The van der Waals surface area contributed by atoms with Crippen molar-refractivity contribution in [3.8, 4) is 5.82 Å². The third-order valence-corrected chi connectivity index (χ3v) is 2.21. The topological polar surface area (TPSA) is 56.7 Å². The number of hydrogen-bond donors (Lipinski definition) is 1. The van der Waals surface area contributed by atoms with Gasteiger partial charge in [-0.1, -0.05) is 11.6 Å². The highest BCUT2D eigenvalue weighted by Crippen LogP contribution is 2.15. The van der Waals surface area contributed by atoms with Crippen LogP contribution in [-0.2, 0) is 6.54 Å². The third-order valence-electron chi connectivity index (χ3n) is 1.87. The molecule has 2 aromatic rings. The van der Waals surface area contributed by atoms with Gasteiger partial charge in [-0.25, -0.2) is 9.97 Å². The number of aromatic nitrogens is 3. The summed E-state index contributed by atoms with van der Waals surface area (Å²) in [5.74, 6) is 0.771. The summed E-state index contributed by atoms with van der Waals surface area (Å²) in [4.78, 5) is 8.23. The van der Waals surface area contributed by atoms with Gasteiger partial charge in [0.25, 0.3) is 0 Å². The minimum Gasteiger partial charge on any atom is -0.325 e. The summed E-state index contributed by atoms with van der Waals surface area (Å²) in [6, 6.07) is 3.61. The number of nitrogens with zero attached hydrogens (tertiary/aromatic N) is 3. The van der Waals surface area contributed by atoms with Gasteiger partial charge in [-0.15, -0.1) is 0 Å². The highest BCUT2D eigenvalue weighted by molar-refractivity contribution is 6.31. The van der Waals surface area contributed by atoms with E-state index in [0.29, 0.717) is 17.3 Å². The van der Waals surface area contributed by atoms with Crippen LogP contribution in [0.15, 0.2) is 30.9 Å². The monoisotopic (exact) mass is 208 g/mol. The fourth-order valence-corrected chi connectivity index (χ4v) is 1.34. The van der Waals surface area contributed by atoms with Crippen LogP contribution in [-0.4, -0.2) is 14.5 Å². The molecule has 0 aliphatic carbocycles. The first kappa shape index (κ1) is 9.18. The highest BCUT2D eigenvalue weighted by atomic mass is 35.5. The molecule has 5 heteroatoms. The molecule has 0 saturated heterocycles. The van der Waals surface area contributed by atoms with Crippen LogP contribution in [0.1, 0.15) is 5.69 Å². The zero-order valence-electron chi connectivity index (χ0n) is 7.39. The normalized spacial score (nSPS) is 10.4. The maximum atomic E-state index is 5.89. The summed E-state index contributed by atoms with van der Waals surface area (Å²) in [5.41, 5.74) is 6.19. The van der Waals surface area contributed by atoms with Crippen LogP contribution in [0.25, 0.3) is 5.82 Å². The van der Waals surface area contributed by atoms with Gasteiger partial charge in [-0.3, -0.25) is 4.57 Å². The Morgan fingerprint density at radius 2 is 2.29 bits per heavy atom. The van der Waals surface area contributed by atoms with Crippen LogP contribution in [0.4, 0.5) is 0 Å². The predicted octanol–water partition coefficient (Wildman–Crippen LogP) is 1.38. The van der Waals surface area contributed by atoms with Crippen molar-refractivity contribution in [1.82, 2.24) is 14.5 Å². The maximum Gasteiger partial charge on any atom is 0.138 e. The summed E-state index contributed by atoms with van der Waals surface area (Å²) in [6.45, 7) is 0.335. The van der Waals surface area contributed by atoms with E-state index in [0.717, 1.165) is 5.82 Å². The molecule has 14 heavy (non-hydrogen) atoms. The van der Waals surface area contributed by atoms with Gasteiger partial charge >= 0.3 is 0 Å². The molecule has 4 nitrogen and oxygen atoms in total. The molecular weight excluding hydrogens is 200 g/mol. The van der Waals surface area contributed by atoms with Gasteiger partial charge in [0.05, 0.1) is 10.7 Å². The number of imidazole rings is 1. The molecule has 2 rings (SSSR count). The molecule has 0 atom stereocenters. The largest absolute Gasteiger partial charge is 0.325 e. The number of halogens is 1. The Bertz CT molecular complexity index is 424. The van der Waals surface area contributed by atoms with E-state index in [1.807, 2.05) is 12.3 Å². The smallest absolute Gasteiger partial charge is 0.138 e. The zero-order chi connectivity index (χ0) is 9.97. The van der Waals surface area contributed by atoms with E-state index >= 15 is 0 Å². The second-order valence-corrected chi connectivity index (χ2v) is 3.18. The lowest BCUT2D eigenvalue weighted by molar-refractivity contribution is 0.926. The summed E-state index contributed by atoms with van der Waals surface area (Å²) < 4.78 is 1.80. The quantitative estimate of drug-likeness (QED) is 0.811. The van der Waals surface area contributed by atoms with Crippen LogP contribution in [0.5, 0.6) is 0 Å². The predicted molar refractivity (Wildman–Crippen MR) is 54.3 cm³/mol. The van der Waals surface area contributed by atoms with E-state index in [4.69, 9.17) is 17.3 Å². The molecule has 0 aromatic carbocycles. The van der Waals surface area contributed by atoms with Crippen molar-refractivity contribution in [2.75, 3.05) is 0 Å². The van der Waals surface area contributed by atoms with Crippen molar-refractivity contribution in [2.24, 2.45) is 5.73 Å². The molecule has 0 radical (unpaired) electrons. The van der Waals surface area contributed by atoms with Crippen molar-refractivity contribution >= 4 is 11.6 Å². The molecule has 2 N–H and O–H groups in total. The Hall–Kier alpha value is -1.39. The molecule has 0 amide bonds. The van der Waals surface area contributed by atoms with Crippen LogP contribution < -0.4 is 5.73 Å². The van der Waals surface area contributed by atoms with Gasteiger partial charge in [0.2, 0.25) is 0 Å². The van der Waals surface area contributed by atoms with Crippen LogP contribution >= 0.6 is 11.6 Å². The van der Waals surface area contributed by atoms with Gasteiger partial charge in [0, 0.05) is 18.9 Å². The van der Waals surface area contributed by atoms with Crippen molar-refractivity contribution in [3.05, 3.63) is 41.6 Å². The lowest BCUT2D eigenvalue weighted by atomic mass is 10.3. The minimum atomic E-state index is 0.335. The van der Waals surface area contributed by atoms with Gasteiger partial charge in [-0.2, -0.15) is 0 Å². The molecular formula is C9H9ClN4. The average Bonchev–Trinajstić information content (AvgIpc) is 2.71. The Morgan fingerprint density at radius 1 is 1.43 bits per heavy atom. The van der Waals surface area contributed by atoms with Crippen molar-refractivity contribution in [2.45, 2.75) is 6.54 Å². The third kappa shape index (κ3) is 1.62. The van der Waals surface area contributed by atoms with E-state index in [-0.39, 0.29) is 0 Å². The zero-order valence-corrected chi connectivity index (χ0v) is 8.15. The molecule has 0 unspecified atom stereocenters. The molecule has 0 aliphatic rings. The first-order valence-electron chi connectivity index (χ1n) is 4.15. The van der Waals surface area contributed by atoms with Crippen LogP contribution in [0.3, 0.4) is 0 Å². The number of pyridine rings is 1. The second-order valence-electron chi connectivity index (χ2n) is 2.77. The van der Waals surface area contributed by atoms with Crippen LogP contribution in [0, 0.1) is 0 Å². The Balaban J connectivity index is 2.46. The number of nitrogens with two attached hydrogens (primary N) is 1. The average molecular weight is 209 g/mol. The Labute approximate surface area is 86.4 Å². The van der Waals surface area contributed by atoms with Gasteiger partial charge in [0.15, 0.2) is 0 Å². The van der Waals surface area contributed by atoms with Crippen molar-refractivity contribution in [3.63, 3.8) is 0 Å². The van der Waals surface area contributed by atoms with Gasteiger partial charge < -0.3 is 5.73 Å². The molecule has 0 bridgehead atoms. The van der Waals surface area contributed by atoms with Gasteiger partial charge in [-0.05, 0) is 12.1 Å². The molecule has 0 saturated carbocycles. The summed E-state index contributed by atoms with van der Waals surface area (Å²) >= 11 is 5.89. The van der Waals surface area contributed by atoms with E-state index in [9.17, 15) is 0 Å². The summed E-state index contributed by atoms with van der Waals surface area (Å²) in [6.07, 6.45) is 5.19. The molecule has 2 heterocycles. The molecule has 0 spiro atoms. The highest BCUT2D eigenvalue weighted by Gasteiger charge is 2.02.